The topological polar surface area (TPSA) is 104 Å². The van der Waals surface area contributed by atoms with E-state index in [9.17, 15) is 14.7 Å². The van der Waals surface area contributed by atoms with Crippen LogP contribution in [0.4, 0.5) is 0 Å². The number of hydrogen-bond donors (Lipinski definition) is 3. The number of carbonyl (C=O) groups excluding carboxylic acids is 2. The summed E-state index contributed by atoms with van der Waals surface area (Å²) in [5, 5.41) is 12.2. The van der Waals surface area contributed by atoms with Gasteiger partial charge in [-0.15, -0.1) is 0 Å². The second-order valence-corrected chi connectivity index (χ2v) is 7.49. The number of phenols is 1. The van der Waals surface area contributed by atoms with Gasteiger partial charge in [-0.2, -0.15) is 0 Å². The molecule has 0 aliphatic heterocycles. The van der Waals surface area contributed by atoms with Gasteiger partial charge in [0.05, 0.1) is 10.0 Å². The van der Waals surface area contributed by atoms with Crippen molar-refractivity contribution in [2.45, 2.75) is 12.1 Å². The molecule has 138 valence electrons. The first-order valence-electron chi connectivity index (χ1n) is 7.97. The number of carbonyl (C=O) groups is 2. The third kappa shape index (κ3) is 4.37. The minimum absolute atomic E-state index is 0.0537. The van der Waals surface area contributed by atoms with E-state index in [4.69, 9.17) is 0 Å². The Morgan fingerprint density at radius 1 is 1.15 bits per heavy atom. The summed E-state index contributed by atoms with van der Waals surface area (Å²) in [7, 11) is 0. The van der Waals surface area contributed by atoms with Crippen molar-refractivity contribution in [2.24, 2.45) is 0 Å². The molecule has 27 heavy (non-hydrogen) atoms. The molecule has 2 aromatic carbocycles. The van der Waals surface area contributed by atoms with Gasteiger partial charge >= 0.3 is 0 Å². The van der Waals surface area contributed by atoms with Gasteiger partial charge in [-0.3, -0.25) is 20.4 Å². The standard InChI is InChI=1S/C18H15BrN4O3S/c1-2-27-18-20-9-13(19)15(21-18)17(26)23-22-16(25)12-7-10-5-3-4-6-11(10)8-14(12)24/h3-9,24H,2H2,1H3,(H,22,25)(H,23,26). The van der Waals surface area contributed by atoms with Gasteiger partial charge in [-0.25, -0.2) is 9.97 Å². The van der Waals surface area contributed by atoms with E-state index in [0.717, 1.165) is 16.5 Å². The van der Waals surface area contributed by atoms with E-state index in [0.29, 0.717) is 9.63 Å². The largest absolute Gasteiger partial charge is 0.507 e. The number of aromatic hydroxyl groups is 1. The normalized spacial score (nSPS) is 10.6. The Bertz CT molecular complexity index is 1030. The minimum Gasteiger partial charge on any atom is -0.507 e. The zero-order chi connectivity index (χ0) is 19.4. The number of rotatable bonds is 4. The van der Waals surface area contributed by atoms with Crippen LogP contribution in [0.1, 0.15) is 27.8 Å². The number of thioether (sulfide) groups is 1. The van der Waals surface area contributed by atoms with Gasteiger partial charge in [-0.1, -0.05) is 43.0 Å². The zero-order valence-corrected chi connectivity index (χ0v) is 16.6. The molecular weight excluding hydrogens is 432 g/mol. The fourth-order valence-corrected chi connectivity index (χ4v) is 3.27. The predicted octanol–water partition coefficient (Wildman–Crippen LogP) is 3.28. The van der Waals surface area contributed by atoms with Crippen LogP contribution in [0.25, 0.3) is 10.8 Å². The maximum absolute atomic E-state index is 12.4. The third-order valence-corrected chi connectivity index (χ3v) is 4.93. The molecule has 1 heterocycles. The molecule has 0 unspecified atom stereocenters. The number of amides is 2. The summed E-state index contributed by atoms with van der Waals surface area (Å²) in [5.41, 5.74) is 4.75. The van der Waals surface area contributed by atoms with Gasteiger partial charge in [0.2, 0.25) is 0 Å². The Labute approximate surface area is 167 Å². The number of nitrogens with zero attached hydrogens (tertiary/aromatic N) is 2. The number of phenolic OH excluding ortho intramolecular Hbond substituents is 1. The van der Waals surface area contributed by atoms with E-state index in [-0.39, 0.29) is 17.0 Å². The van der Waals surface area contributed by atoms with E-state index in [1.165, 1.54) is 24.0 Å². The molecule has 0 bridgehead atoms. The number of aromatic nitrogens is 2. The minimum atomic E-state index is -0.639. The molecule has 0 saturated carbocycles. The maximum Gasteiger partial charge on any atom is 0.289 e. The lowest BCUT2D eigenvalue weighted by molar-refractivity contribution is 0.0841. The molecule has 7 nitrogen and oxygen atoms in total. The van der Waals surface area contributed by atoms with Crippen LogP contribution >= 0.6 is 27.7 Å². The lowest BCUT2D eigenvalue weighted by Crippen LogP contribution is -2.42. The molecule has 0 aliphatic rings. The van der Waals surface area contributed by atoms with Crippen molar-refractivity contribution >= 4 is 50.3 Å². The number of benzene rings is 2. The van der Waals surface area contributed by atoms with Crippen LogP contribution in [-0.4, -0.2) is 32.6 Å². The summed E-state index contributed by atoms with van der Waals surface area (Å²) in [6.45, 7) is 1.95. The lowest BCUT2D eigenvalue weighted by atomic mass is 10.1. The first kappa shape index (κ1) is 19.1. The van der Waals surface area contributed by atoms with Crippen molar-refractivity contribution < 1.29 is 14.7 Å². The highest BCUT2D eigenvalue weighted by Crippen LogP contribution is 2.24. The van der Waals surface area contributed by atoms with E-state index >= 15 is 0 Å². The van der Waals surface area contributed by atoms with Crippen LogP contribution in [-0.2, 0) is 0 Å². The highest BCUT2D eigenvalue weighted by Gasteiger charge is 2.17. The van der Waals surface area contributed by atoms with Gasteiger partial charge < -0.3 is 5.11 Å². The quantitative estimate of drug-likeness (QED) is 0.322. The van der Waals surface area contributed by atoms with Crippen molar-refractivity contribution in [2.75, 3.05) is 5.75 Å². The zero-order valence-electron chi connectivity index (χ0n) is 14.2. The second-order valence-electron chi connectivity index (χ2n) is 5.41. The summed E-state index contributed by atoms with van der Waals surface area (Å²) in [6.07, 6.45) is 1.48. The average molecular weight is 447 g/mol. The molecule has 3 aromatic rings. The first-order valence-corrected chi connectivity index (χ1v) is 9.75. The van der Waals surface area contributed by atoms with Gasteiger partial charge in [0, 0.05) is 6.20 Å². The molecule has 0 radical (unpaired) electrons. The van der Waals surface area contributed by atoms with E-state index in [1.807, 2.05) is 31.2 Å². The van der Waals surface area contributed by atoms with Crippen molar-refractivity contribution in [3.8, 4) is 5.75 Å². The first-order chi connectivity index (χ1) is 13.0. The second kappa shape index (κ2) is 8.36. The molecule has 2 amide bonds. The Hall–Kier alpha value is -2.65. The number of nitrogens with one attached hydrogen (secondary N) is 2. The summed E-state index contributed by atoms with van der Waals surface area (Å²) in [4.78, 5) is 33.0. The van der Waals surface area contributed by atoms with Crippen molar-refractivity contribution in [1.82, 2.24) is 20.8 Å². The number of fused-ring (bicyclic) bond motifs is 1. The van der Waals surface area contributed by atoms with E-state index in [2.05, 4.69) is 36.7 Å². The van der Waals surface area contributed by atoms with Gasteiger partial charge in [0.1, 0.15) is 11.4 Å². The van der Waals surface area contributed by atoms with Crippen LogP contribution in [0.5, 0.6) is 5.75 Å². The Morgan fingerprint density at radius 2 is 1.81 bits per heavy atom. The highest BCUT2D eigenvalue weighted by atomic mass is 79.9. The van der Waals surface area contributed by atoms with E-state index in [1.54, 1.807) is 6.07 Å². The molecular formula is C18H15BrN4O3S. The summed E-state index contributed by atoms with van der Waals surface area (Å²) in [6, 6.07) is 10.4. The molecule has 0 fully saturated rings. The summed E-state index contributed by atoms with van der Waals surface area (Å²) < 4.78 is 0.406. The van der Waals surface area contributed by atoms with Crippen LogP contribution in [0, 0.1) is 0 Å². The van der Waals surface area contributed by atoms with Gasteiger partial charge in [0.25, 0.3) is 11.8 Å². The molecule has 1 aromatic heterocycles. The average Bonchev–Trinajstić information content (AvgIpc) is 2.67. The third-order valence-electron chi connectivity index (χ3n) is 3.61. The molecule has 3 rings (SSSR count). The number of hydrogen-bond acceptors (Lipinski definition) is 6. The lowest BCUT2D eigenvalue weighted by Gasteiger charge is -2.10. The number of hydrazine groups is 1. The molecule has 3 N–H and O–H groups in total. The monoisotopic (exact) mass is 446 g/mol. The van der Waals surface area contributed by atoms with Crippen LogP contribution < -0.4 is 10.9 Å². The van der Waals surface area contributed by atoms with Crippen molar-refractivity contribution in [1.29, 1.82) is 0 Å². The predicted molar refractivity (Wildman–Crippen MR) is 107 cm³/mol. The van der Waals surface area contributed by atoms with Crippen LogP contribution in [0.15, 0.2) is 52.2 Å². The molecule has 0 spiro atoms. The highest BCUT2D eigenvalue weighted by molar-refractivity contribution is 9.10. The van der Waals surface area contributed by atoms with Gasteiger partial charge in [-0.05, 0) is 44.6 Å². The molecule has 9 heteroatoms. The number of halogens is 1. The maximum atomic E-state index is 12.4. The fourth-order valence-electron chi connectivity index (χ4n) is 2.36. The Kier molecular flexibility index (Phi) is 5.92. The van der Waals surface area contributed by atoms with Crippen LogP contribution in [0.2, 0.25) is 0 Å². The van der Waals surface area contributed by atoms with Crippen molar-refractivity contribution in [3.63, 3.8) is 0 Å². The van der Waals surface area contributed by atoms with Crippen molar-refractivity contribution in [3.05, 3.63) is 58.3 Å². The smallest absolute Gasteiger partial charge is 0.289 e. The SMILES string of the molecule is CCSc1ncc(Br)c(C(=O)NNC(=O)c2cc3ccccc3cc2O)n1. The van der Waals surface area contributed by atoms with E-state index < -0.39 is 11.8 Å². The Balaban J connectivity index is 1.75. The Morgan fingerprint density at radius 3 is 2.52 bits per heavy atom. The molecule has 0 atom stereocenters. The van der Waals surface area contributed by atoms with Gasteiger partial charge in [0.15, 0.2) is 5.16 Å². The molecule has 0 saturated heterocycles. The summed E-state index contributed by atoms with van der Waals surface area (Å²) in [5.74, 6) is -0.651. The fraction of sp³-hybridized carbons (Fsp3) is 0.111. The molecule has 0 aliphatic carbocycles. The van der Waals surface area contributed by atoms with Crippen LogP contribution in [0.3, 0.4) is 0 Å². The summed E-state index contributed by atoms with van der Waals surface area (Å²) >= 11 is 4.62.